The Morgan fingerprint density at radius 3 is 2.38 bits per heavy atom. The van der Waals surface area contributed by atoms with Crippen molar-refractivity contribution in [1.82, 2.24) is 5.32 Å². The van der Waals surface area contributed by atoms with Crippen LogP contribution in [0.3, 0.4) is 0 Å². The van der Waals surface area contributed by atoms with Gasteiger partial charge in [-0.15, -0.1) is 0 Å². The average molecular weight is 227 g/mol. The molecule has 2 nitrogen and oxygen atoms in total. The molecule has 0 bridgehead atoms. The van der Waals surface area contributed by atoms with Crippen LogP contribution in [0, 0.1) is 17.6 Å². The highest BCUT2D eigenvalue weighted by molar-refractivity contribution is 5.94. The number of hydrogen-bond donors (Lipinski definition) is 1. The summed E-state index contributed by atoms with van der Waals surface area (Å²) in [6.07, 6.45) is 0.780. The van der Waals surface area contributed by atoms with Crippen LogP contribution >= 0.6 is 0 Å². The predicted octanol–water partition coefficient (Wildman–Crippen LogP) is 2.74. The maximum Gasteiger partial charge on any atom is 0.257 e. The zero-order chi connectivity index (χ0) is 12.1. The standard InChI is InChI=1S/C12H15F2NO/c1-8(2)6-7-15-12(16)11-9(13)4-3-5-10(11)14/h3-5,8H,6-7H2,1-2H3,(H,15,16). The largest absolute Gasteiger partial charge is 0.352 e. The van der Waals surface area contributed by atoms with Crippen LogP contribution in [0.1, 0.15) is 30.6 Å². The molecule has 1 amide bonds. The van der Waals surface area contributed by atoms with Gasteiger partial charge in [-0.3, -0.25) is 4.79 Å². The number of benzene rings is 1. The lowest BCUT2D eigenvalue weighted by Crippen LogP contribution is -2.27. The Morgan fingerprint density at radius 1 is 1.31 bits per heavy atom. The van der Waals surface area contributed by atoms with E-state index in [1.165, 1.54) is 6.07 Å². The van der Waals surface area contributed by atoms with E-state index in [-0.39, 0.29) is 0 Å². The van der Waals surface area contributed by atoms with Crippen LogP contribution in [-0.2, 0) is 0 Å². The highest BCUT2D eigenvalue weighted by atomic mass is 19.1. The van der Waals surface area contributed by atoms with Crippen LogP contribution in [0.4, 0.5) is 8.78 Å². The maximum atomic E-state index is 13.2. The Bertz CT molecular complexity index is 357. The van der Waals surface area contributed by atoms with Crippen molar-refractivity contribution in [3.8, 4) is 0 Å². The van der Waals surface area contributed by atoms with Gasteiger partial charge in [0.25, 0.3) is 5.91 Å². The number of hydrogen-bond acceptors (Lipinski definition) is 1. The van der Waals surface area contributed by atoms with Gasteiger partial charge in [-0.2, -0.15) is 0 Å². The summed E-state index contributed by atoms with van der Waals surface area (Å²) in [6, 6.07) is 3.37. The number of halogens is 2. The molecule has 0 atom stereocenters. The molecule has 0 aliphatic heterocycles. The number of nitrogens with one attached hydrogen (secondary N) is 1. The van der Waals surface area contributed by atoms with Crippen molar-refractivity contribution in [2.75, 3.05) is 6.54 Å². The molecule has 1 aromatic carbocycles. The molecule has 0 spiro atoms. The van der Waals surface area contributed by atoms with Crippen LogP contribution in [0.5, 0.6) is 0 Å². The van der Waals surface area contributed by atoms with E-state index in [1.54, 1.807) is 0 Å². The third-order valence-electron chi connectivity index (χ3n) is 2.20. The summed E-state index contributed by atoms with van der Waals surface area (Å²) in [5.74, 6) is -1.92. The first-order chi connectivity index (χ1) is 7.52. The minimum absolute atomic E-state index is 0.421. The Kier molecular flexibility index (Phi) is 4.40. The van der Waals surface area contributed by atoms with Crippen molar-refractivity contribution in [1.29, 1.82) is 0 Å². The molecule has 0 heterocycles. The second-order valence-corrected chi connectivity index (χ2v) is 4.04. The van der Waals surface area contributed by atoms with Crippen LogP contribution < -0.4 is 5.32 Å². The molecule has 0 saturated carbocycles. The molecule has 88 valence electrons. The summed E-state index contributed by atoms with van der Waals surface area (Å²) >= 11 is 0. The highest BCUT2D eigenvalue weighted by Crippen LogP contribution is 2.11. The molecule has 0 saturated heterocycles. The third-order valence-corrected chi connectivity index (χ3v) is 2.20. The molecule has 0 fully saturated rings. The summed E-state index contributed by atoms with van der Waals surface area (Å²) in [7, 11) is 0. The molecule has 16 heavy (non-hydrogen) atoms. The van der Waals surface area contributed by atoms with Crippen LogP contribution in [-0.4, -0.2) is 12.5 Å². The molecular formula is C12H15F2NO. The van der Waals surface area contributed by atoms with Gasteiger partial charge in [0.15, 0.2) is 0 Å². The number of rotatable bonds is 4. The number of amides is 1. The van der Waals surface area contributed by atoms with Crippen molar-refractivity contribution in [3.63, 3.8) is 0 Å². The van der Waals surface area contributed by atoms with Crippen molar-refractivity contribution in [2.24, 2.45) is 5.92 Å². The fourth-order valence-electron chi connectivity index (χ4n) is 1.28. The van der Waals surface area contributed by atoms with E-state index in [4.69, 9.17) is 0 Å². The Balaban J connectivity index is 2.66. The van der Waals surface area contributed by atoms with Gasteiger partial charge in [0, 0.05) is 6.54 Å². The van der Waals surface area contributed by atoms with E-state index in [1.807, 2.05) is 13.8 Å². The van der Waals surface area contributed by atoms with Gasteiger partial charge < -0.3 is 5.32 Å². The minimum atomic E-state index is -0.831. The Hall–Kier alpha value is -1.45. The highest BCUT2D eigenvalue weighted by Gasteiger charge is 2.16. The molecule has 1 N–H and O–H groups in total. The Morgan fingerprint density at radius 2 is 1.88 bits per heavy atom. The van der Waals surface area contributed by atoms with Crippen molar-refractivity contribution < 1.29 is 13.6 Å². The van der Waals surface area contributed by atoms with E-state index in [2.05, 4.69) is 5.32 Å². The normalized spacial score (nSPS) is 10.6. The van der Waals surface area contributed by atoms with Crippen molar-refractivity contribution in [3.05, 3.63) is 35.4 Å². The van der Waals surface area contributed by atoms with Gasteiger partial charge in [0.2, 0.25) is 0 Å². The van der Waals surface area contributed by atoms with Gasteiger partial charge >= 0.3 is 0 Å². The molecule has 0 aliphatic carbocycles. The fraction of sp³-hybridized carbons (Fsp3) is 0.417. The van der Waals surface area contributed by atoms with Crippen molar-refractivity contribution in [2.45, 2.75) is 20.3 Å². The smallest absolute Gasteiger partial charge is 0.257 e. The zero-order valence-corrected chi connectivity index (χ0v) is 9.39. The predicted molar refractivity (Wildman–Crippen MR) is 58.1 cm³/mol. The van der Waals surface area contributed by atoms with Gasteiger partial charge in [0.1, 0.15) is 17.2 Å². The molecule has 0 aromatic heterocycles. The van der Waals surface area contributed by atoms with Gasteiger partial charge in [-0.25, -0.2) is 8.78 Å². The molecule has 1 rings (SSSR count). The lowest BCUT2D eigenvalue weighted by atomic mass is 10.1. The van der Waals surface area contributed by atoms with Gasteiger partial charge in [0.05, 0.1) is 0 Å². The Labute approximate surface area is 93.7 Å². The molecule has 0 radical (unpaired) electrons. The first-order valence-corrected chi connectivity index (χ1v) is 5.24. The number of carbonyl (C=O) groups excluding carboxylic acids is 1. The molecular weight excluding hydrogens is 212 g/mol. The SMILES string of the molecule is CC(C)CCNC(=O)c1c(F)cccc1F. The molecule has 0 unspecified atom stereocenters. The second kappa shape index (κ2) is 5.58. The van der Waals surface area contributed by atoms with Crippen molar-refractivity contribution >= 4 is 5.91 Å². The van der Waals surface area contributed by atoms with E-state index in [9.17, 15) is 13.6 Å². The summed E-state index contributed by atoms with van der Waals surface area (Å²) < 4.78 is 26.4. The second-order valence-electron chi connectivity index (χ2n) is 4.04. The van der Waals surface area contributed by atoms with E-state index >= 15 is 0 Å². The average Bonchev–Trinajstić information content (AvgIpc) is 2.16. The first kappa shape index (κ1) is 12.6. The molecule has 0 aliphatic rings. The van der Waals surface area contributed by atoms with Gasteiger partial charge in [-0.1, -0.05) is 19.9 Å². The molecule has 4 heteroatoms. The zero-order valence-electron chi connectivity index (χ0n) is 9.39. The van der Waals surface area contributed by atoms with E-state index in [0.29, 0.717) is 12.5 Å². The summed E-state index contributed by atoms with van der Waals surface area (Å²) in [4.78, 5) is 11.5. The van der Waals surface area contributed by atoms with E-state index < -0.39 is 23.1 Å². The quantitative estimate of drug-likeness (QED) is 0.841. The molecule has 1 aromatic rings. The first-order valence-electron chi connectivity index (χ1n) is 5.24. The van der Waals surface area contributed by atoms with E-state index in [0.717, 1.165) is 18.6 Å². The van der Waals surface area contributed by atoms with Crippen LogP contribution in [0.2, 0.25) is 0 Å². The minimum Gasteiger partial charge on any atom is -0.352 e. The van der Waals surface area contributed by atoms with Crippen LogP contribution in [0.15, 0.2) is 18.2 Å². The lowest BCUT2D eigenvalue weighted by Gasteiger charge is -2.08. The topological polar surface area (TPSA) is 29.1 Å². The number of carbonyl (C=O) groups is 1. The van der Waals surface area contributed by atoms with Crippen LogP contribution in [0.25, 0.3) is 0 Å². The lowest BCUT2D eigenvalue weighted by molar-refractivity contribution is 0.0943. The summed E-state index contributed by atoms with van der Waals surface area (Å²) in [6.45, 7) is 4.44. The van der Waals surface area contributed by atoms with Gasteiger partial charge in [-0.05, 0) is 24.5 Å². The third kappa shape index (κ3) is 3.29. The monoisotopic (exact) mass is 227 g/mol. The fourth-order valence-corrected chi connectivity index (χ4v) is 1.28. The summed E-state index contributed by atoms with van der Waals surface area (Å²) in [5, 5.41) is 2.49. The summed E-state index contributed by atoms with van der Waals surface area (Å²) in [5.41, 5.74) is -0.508. The maximum absolute atomic E-state index is 13.2.